The predicted molar refractivity (Wildman–Crippen MR) is 197 cm³/mol. The maximum Gasteiger partial charge on any atom is 0.235 e. The molecule has 0 saturated heterocycles. The summed E-state index contributed by atoms with van der Waals surface area (Å²) in [6.45, 7) is 0. The number of nitrogens with zero attached hydrogens (tertiary/aromatic N) is 3. The third-order valence-electron chi connectivity index (χ3n) is 9.61. The lowest BCUT2D eigenvalue weighted by Crippen LogP contribution is -2.03. The molecule has 218 valence electrons. The van der Waals surface area contributed by atoms with E-state index in [1.807, 2.05) is 23.5 Å². The van der Waals surface area contributed by atoms with Crippen molar-refractivity contribution in [2.45, 2.75) is 0 Å². The summed E-state index contributed by atoms with van der Waals surface area (Å²) in [5.41, 5.74) is 6.74. The van der Waals surface area contributed by atoms with Gasteiger partial charge < -0.3 is 4.42 Å². The summed E-state index contributed by atoms with van der Waals surface area (Å²) in [4.78, 5) is 10.7. The molecule has 0 atom stereocenters. The molecule has 0 aliphatic carbocycles. The Bertz CT molecular complexity index is 3090. The summed E-state index contributed by atoms with van der Waals surface area (Å²) < 4.78 is 11.3. The van der Waals surface area contributed by atoms with Gasteiger partial charge in [-0.2, -0.15) is 0 Å². The van der Waals surface area contributed by atoms with Gasteiger partial charge in [-0.15, -0.1) is 11.3 Å². The molecular weight excluding hydrogens is 595 g/mol. The number of hydrogen-bond acceptors (Lipinski definition) is 4. The van der Waals surface area contributed by atoms with Gasteiger partial charge in [0.1, 0.15) is 11.2 Å². The zero-order valence-corrected chi connectivity index (χ0v) is 25.8. The van der Waals surface area contributed by atoms with Gasteiger partial charge in [0.05, 0.1) is 22.2 Å². The van der Waals surface area contributed by atoms with Crippen LogP contribution in [-0.2, 0) is 0 Å². The van der Waals surface area contributed by atoms with Crippen LogP contribution in [0.5, 0.6) is 0 Å². The lowest BCUT2D eigenvalue weighted by Gasteiger charge is -2.13. The second-order valence-corrected chi connectivity index (χ2v) is 13.2. The first-order valence-corrected chi connectivity index (χ1v) is 16.6. The number of thiophene rings is 1. The third kappa shape index (κ3) is 3.41. The van der Waals surface area contributed by atoms with Crippen LogP contribution in [-0.4, -0.2) is 14.5 Å². The molecule has 5 heteroatoms. The van der Waals surface area contributed by atoms with Crippen LogP contribution in [0.25, 0.3) is 103 Å². The van der Waals surface area contributed by atoms with Gasteiger partial charge in [0.2, 0.25) is 5.95 Å². The van der Waals surface area contributed by atoms with Gasteiger partial charge in [-0.25, -0.2) is 9.97 Å². The highest BCUT2D eigenvalue weighted by Gasteiger charge is 2.22. The normalized spacial score (nSPS) is 12.3. The minimum atomic E-state index is 0.652. The SMILES string of the molecule is c1ccc2c(-c3cc4oc5ccccc5c4c4ccccc34)nc(-n3c4ccccc4c4c5sc6ccccc6c5ccc43)nc2c1. The Labute approximate surface area is 271 Å². The largest absolute Gasteiger partial charge is 0.456 e. The van der Waals surface area contributed by atoms with E-state index in [1.54, 1.807) is 0 Å². The minimum absolute atomic E-state index is 0.652. The summed E-state index contributed by atoms with van der Waals surface area (Å²) in [7, 11) is 0. The van der Waals surface area contributed by atoms with Gasteiger partial charge in [0, 0.05) is 52.7 Å². The van der Waals surface area contributed by atoms with E-state index in [0.29, 0.717) is 5.95 Å². The van der Waals surface area contributed by atoms with Crippen molar-refractivity contribution in [1.82, 2.24) is 14.5 Å². The molecule has 4 heterocycles. The van der Waals surface area contributed by atoms with E-state index in [-0.39, 0.29) is 0 Å². The number of rotatable bonds is 2. The van der Waals surface area contributed by atoms with Crippen molar-refractivity contribution in [3.05, 3.63) is 140 Å². The van der Waals surface area contributed by atoms with E-state index in [4.69, 9.17) is 14.4 Å². The monoisotopic (exact) mass is 617 g/mol. The molecule has 7 aromatic carbocycles. The average Bonchev–Trinajstić information content (AvgIpc) is 3.80. The quantitative estimate of drug-likeness (QED) is 0.194. The van der Waals surface area contributed by atoms with E-state index in [9.17, 15) is 0 Å². The molecule has 11 aromatic rings. The first-order valence-electron chi connectivity index (χ1n) is 15.8. The van der Waals surface area contributed by atoms with E-state index in [1.165, 1.54) is 30.9 Å². The van der Waals surface area contributed by atoms with Crippen molar-refractivity contribution in [3.63, 3.8) is 0 Å². The molecule has 0 N–H and O–H groups in total. The highest BCUT2D eigenvalue weighted by Crippen LogP contribution is 2.44. The number of para-hydroxylation sites is 3. The molecule has 4 nitrogen and oxygen atoms in total. The van der Waals surface area contributed by atoms with Crippen molar-refractivity contribution in [2.75, 3.05) is 0 Å². The van der Waals surface area contributed by atoms with Crippen LogP contribution in [0.4, 0.5) is 0 Å². The standard InChI is InChI=1S/C42H23N3OS/c1-2-13-26-24(11-1)31(23-36-38(26)30-16-5-9-19-35(30)46-36)40-28-14-3-7-17-32(28)43-42(44-40)45-33-18-8-4-15-29(33)39-34(45)22-21-27-25-12-6-10-20-37(25)47-41(27)39/h1-23H. The lowest BCUT2D eigenvalue weighted by atomic mass is 9.96. The molecule has 11 rings (SSSR count). The second kappa shape index (κ2) is 9.25. The molecule has 0 aliphatic rings. The molecule has 0 amide bonds. The minimum Gasteiger partial charge on any atom is -0.456 e. The Morgan fingerprint density at radius 3 is 2.09 bits per heavy atom. The Hall–Kier alpha value is -6.04. The maximum absolute atomic E-state index is 6.47. The summed E-state index contributed by atoms with van der Waals surface area (Å²) in [6, 6.07) is 49.2. The van der Waals surface area contributed by atoms with Crippen LogP contribution in [0.1, 0.15) is 0 Å². The van der Waals surface area contributed by atoms with Crippen LogP contribution < -0.4 is 0 Å². The number of fused-ring (bicyclic) bond motifs is 13. The van der Waals surface area contributed by atoms with Crippen molar-refractivity contribution in [3.8, 4) is 17.2 Å². The second-order valence-electron chi connectivity index (χ2n) is 12.1. The fraction of sp³-hybridized carbons (Fsp3) is 0. The summed E-state index contributed by atoms with van der Waals surface area (Å²) in [6.07, 6.45) is 0. The van der Waals surface area contributed by atoms with Crippen molar-refractivity contribution in [2.24, 2.45) is 0 Å². The van der Waals surface area contributed by atoms with E-state index in [0.717, 1.165) is 65.9 Å². The lowest BCUT2D eigenvalue weighted by molar-refractivity contribution is 0.669. The van der Waals surface area contributed by atoms with Crippen molar-refractivity contribution in [1.29, 1.82) is 0 Å². The number of aromatic nitrogens is 3. The highest BCUT2D eigenvalue weighted by atomic mass is 32.1. The average molecular weight is 618 g/mol. The van der Waals surface area contributed by atoms with Gasteiger partial charge in [-0.1, -0.05) is 103 Å². The highest BCUT2D eigenvalue weighted by molar-refractivity contribution is 7.26. The zero-order chi connectivity index (χ0) is 30.6. The number of benzene rings is 7. The Morgan fingerprint density at radius 1 is 0.489 bits per heavy atom. The fourth-order valence-electron chi connectivity index (χ4n) is 7.60. The number of hydrogen-bond donors (Lipinski definition) is 0. The first-order chi connectivity index (χ1) is 23.3. The van der Waals surface area contributed by atoms with Crippen LogP contribution in [0, 0.1) is 0 Å². The topological polar surface area (TPSA) is 43.9 Å². The van der Waals surface area contributed by atoms with E-state index >= 15 is 0 Å². The van der Waals surface area contributed by atoms with Crippen molar-refractivity contribution >= 4 is 96.9 Å². The molecule has 47 heavy (non-hydrogen) atoms. The molecule has 0 radical (unpaired) electrons. The van der Waals surface area contributed by atoms with Crippen LogP contribution in [0.2, 0.25) is 0 Å². The molecular formula is C42H23N3OS. The Kier molecular flexibility index (Phi) is 4.96. The Morgan fingerprint density at radius 2 is 1.19 bits per heavy atom. The van der Waals surface area contributed by atoms with Gasteiger partial charge in [-0.05, 0) is 47.2 Å². The summed E-state index contributed by atoms with van der Waals surface area (Å²) in [5, 5.41) is 10.6. The number of furan rings is 1. The molecule has 0 spiro atoms. The molecule has 0 aliphatic heterocycles. The van der Waals surface area contributed by atoms with E-state index in [2.05, 4.69) is 132 Å². The zero-order valence-electron chi connectivity index (χ0n) is 24.9. The van der Waals surface area contributed by atoms with Crippen molar-refractivity contribution < 1.29 is 4.42 Å². The molecule has 0 saturated carbocycles. The predicted octanol–water partition coefficient (Wildman–Crippen LogP) is 11.8. The molecule has 4 aromatic heterocycles. The maximum atomic E-state index is 6.47. The van der Waals surface area contributed by atoms with Gasteiger partial charge in [-0.3, -0.25) is 4.57 Å². The van der Waals surface area contributed by atoms with Gasteiger partial charge >= 0.3 is 0 Å². The van der Waals surface area contributed by atoms with Crippen LogP contribution >= 0.6 is 11.3 Å². The Balaban J connectivity index is 1.27. The molecule has 0 bridgehead atoms. The van der Waals surface area contributed by atoms with Gasteiger partial charge in [0.15, 0.2) is 0 Å². The molecule has 0 unspecified atom stereocenters. The van der Waals surface area contributed by atoms with Crippen LogP contribution in [0.15, 0.2) is 144 Å². The first kappa shape index (κ1) is 25.2. The summed E-state index contributed by atoms with van der Waals surface area (Å²) in [5.74, 6) is 0.652. The fourth-order valence-corrected chi connectivity index (χ4v) is 8.86. The third-order valence-corrected chi connectivity index (χ3v) is 10.8. The molecule has 0 fully saturated rings. The smallest absolute Gasteiger partial charge is 0.235 e. The summed E-state index contributed by atoms with van der Waals surface area (Å²) >= 11 is 1.86. The van der Waals surface area contributed by atoms with E-state index < -0.39 is 0 Å². The van der Waals surface area contributed by atoms with Crippen LogP contribution in [0.3, 0.4) is 0 Å². The van der Waals surface area contributed by atoms with Gasteiger partial charge in [0.25, 0.3) is 0 Å².